The summed E-state index contributed by atoms with van der Waals surface area (Å²) in [5.41, 5.74) is 3.75. The number of rotatable bonds is 5. The lowest BCUT2D eigenvalue weighted by atomic mass is 10.2. The third kappa shape index (κ3) is 3.75. The number of aromatic amines is 1. The van der Waals surface area contributed by atoms with E-state index in [9.17, 15) is 9.59 Å². The summed E-state index contributed by atoms with van der Waals surface area (Å²) in [4.78, 5) is 30.3. The van der Waals surface area contributed by atoms with Crippen molar-refractivity contribution in [1.29, 1.82) is 5.26 Å². The minimum atomic E-state index is -0.647. The first-order chi connectivity index (χ1) is 11.6. The van der Waals surface area contributed by atoms with Gasteiger partial charge in [0.1, 0.15) is 6.07 Å². The summed E-state index contributed by atoms with van der Waals surface area (Å²) < 4.78 is 0. The Morgan fingerprint density at radius 3 is 2.75 bits per heavy atom. The molecular formula is C15H15N7O2. The van der Waals surface area contributed by atoms with Gasteiger partial charge in [0, 0.05) is 12.7 Å². The number of hydrogen-bond donors (Lipinski definition) is 4. The Morgan fingerprint density at radius 2 is 2.08 bits per heavy atom. The van der Waals surface area contributed by atoms with Crippen molar-refractivity contribution in [3.05, 3.63) is 41.9 Å². The number of amides is 2. The maximum atomic E-state index is 12.3. The molecule has 1 heterocycles. The molecule has 2 rings (SSSR count). The molecule has 4 N–H and O–H groups in total. The van der Waals surface area contributed by atoms with Gasteiger partial charge in [-0.25, -0.2) is 4.98 Å². The Hall–Kier alpha value is -3.67. The van der Waals surface area contributed by atoms with Gasteiger partial charge >= 0.3 is 0 Å². The van der Waals surface area contributed by atoms with Crippen LogP contribution in [0.2, 0.25) is 0 Å². The van der Waals surface area contributed by atoms with Gasteiger partial charge in [-0.3, -0.25) is 15.0 Å². The lowest BCUT2D eigenvalue weighted by molar-refractivity contribution is -0.114. The summed E-state index contributed by atoms with van der Waals surface area (Å²) in [5.74, 6) is -0.984. The van der Waals surface area contributed by atoms with Crippen LogP contribution < -0.4 is 16.1 Å². The molecule has 9 nitrogen and oxygen atoms in total. The van der Waals surface area contributed by atoms with E-state index in [4.69, 9.17) is 5.26 Å². The van der Waals surface area contributed by atoms with Gasteiger partial charge in [-0.1, -0.05) is 18.2 Å². The lowest BCUT2D eigenvalue weighted by Crippen LogP contribution is -2.27. The van der Waals surface area contributed by atoms with Crippen LogP contribution in [0.1, 0.15) is 16.1 Å². The van der Waals surface area contributed by atoms with Gasteiger partial charge in [-0.15, -0.1) is 0 Å². The van der Waals surface area contributed by atoms with Crippen LogP contribution >= 0.6 is 0 Å². The number of benzene rings is 1. The molecule has 0 fully saturated rings. The molecule has 2 aromatic rings. The summed E-state index contributed by atoms with van der Waals surface area (Å²) in [6.07, 6.45) is 1.30. The van der Waals surface area contributed by atoms with E-state index in [-0.39, 0.29) is 17.2 Å². The number of aromatic nitrogens is 2. The number of para-hydroxylation sites is 1. The van der Waals surface area contributed by atoms with Crippen LogP contribution in [0.4, 0.5) is 11.5 Å². The molecular weight excluding hydrogens is 310 g/mol. The molecule has 0 aliphatic heterocycles. The lowest BCUT2D eigenvalue weighted by Gasteiger charge is -2.07. The molecule has 2 amide bonds. The SMILES string of the molecule is CNC(=O)/C(C#N)=N\Nc1nc[nH]c1C(=O)Nc1ccccc1C. The van der Waals surface area contributed by atoms with Gasteiger partial charge in [0.25, 0.3) is 11.8 Å². The van der Waals surface area contributed by atoms with E-state index in [1.807, 2.05) is 25.1 Å². The van der Waals surface area contributed by atoms with Crippen molar-refractivity contribution in [2.75, 3.05) is 17.8 Å². The fourth-order valence-corrected chi connectivity index (χ4v) is 1.80. The van der Waals surface area contributed by atoms with E-state index in [1.165, 1.54) is 13.4 Å². The molecule has 122 valence electrons. The van der Waals surface area contributed by atoms with Gasteiger partial charge in [-0.05, 0) is 18.6 Å². The summed E-state index contributed by atoms with van der Waals surface area (Å²) in [6.45, 7) is 1.87. The zero-order valence-corrected chi connectivity index (χ0v) is 13.0. The fraction of sp³-hybridized carbons (Fsp3) is 0.133. The molecule has 0 bridgehead atoms. The van der Waals surface area contributed by atoms with Gasteiger partial charge in [-0.2, -0.15) is 10.4 Å². The molecule has 9 heteroatoms. The van der Waals surface area contributed by atoms with E-state index >= 15 is 0 Å². The number of nitrogens with one attached hydrogen (secondary N) is 4. The average Bonchev–Trinajstić information content (AvgIpc) is 3.05. The fourth-order valence-electron chi connectivity index (χ4n) is 1.80. The number of nitrogens with zero attached hydrogens (tertiary/aromatic N) is 3. The van der Waals surface area contributed by atoms with Crippen LogP contribution in [0.25, 0.3) is 0 Å². The van der Waals surface area contributed by atoms with Crippen molar-refractivity contribution in [2.24, 2.45) is 5.10 Å². The minimum absolute atomic E-state index is 0.0951. The number of anilines is 2. The second-order valence-corrected chi connectivity index (χ2v) is 4.66. The average molecular weight is 325 g/mol. The van der Waals surface area contributed by atoms with Crippen molar-refractivity contribution in [1.82, 2.24) is 15.3 Å². The molecule has 0 saturated carbocycles. The summed E-state index contributed by atoms with van der Waals surface area (Å²) in [5, 5.41) is 17.6. The molecule has 0 unspecified atom stereocenters. The van der Waals surface area contributed by atoms with Crippen molar-refractivity contribution >= 4 is 29.0 Å². The highest BCUT2D eigenvalue weighted by molar-refractivity contribution is 6.45. The number of imidazole rings is 1. The first-order valence-electron chi connectivity index (χ1n) is 6.93. The molecule has 0 spiro atoms. The maximum absolute atomic E-state index is 12.3. The second-order valence-electron chi connectivity index (χ2n) is 4.66. The van der Waals surface area contributed by atoms with E-state index in [2.05, 4.69) is 31.1 Å². The first kappa shape index (κ1) is 16.7. The van der Waals surface area contributed by atoms with Gasteiger partial charge < -0.3 is 15.6 Å². The smallest absolute Gasteiger partial charge is 0.282 e. The summed E-state index contributed by atoms with van der Waals surface area (Å²) in [7, 11) is 1.38. The Labute approximate surface area is 137 Å². The standard InChI is InChI=1S/C15H15N7O2/c1-9-5-3-4-6-10(9)20-15(24)12-13(19-8-18-12)22-21-11(7-16)14(23)17-2/h3-6,8,22H,1-2H3,(H,17,23)(H,18,19)(H,20,24)/b21-11-. The molecule has 0 aliphatic carbocycles. The quantitative estimate of drug-likeness (QED) is 0.480. The highest BCUT2D eigenvalue weighted by atomic mass is 16.2. The minimum Gasteiger partial charge on any atom is -0.353 e. The monoisotopic (exact) mass is 325 g/mol. The topological polar surface area (TPSA) is 135 Å². The number of hydrazone groups is 1. The number of hydrogen-bond acceptors (Lipinski definition) is 6. The summed E-state index contributed by atoms with van der Waals surface area (Å²) >= 11 is 0. The van der Waals surface area contributed by atoms with E-state index in [0.29, 0.717) is 5.69 Å². The van der Waals surface area contributed by atoms with E-state index in [1.54, 1.807) is 12.1 Å². The third-order valence-electron chi connectivity index (χ3n) is 3.08. The Balaban J connectivity index is 2.17. The molecule has 0 atom stereocenters. The largest absolute Gasteiger partial charge is 0.353 e. The Bertz CT molecular complexity index is 832. The van der Waals surface area contributed by atoms with Gasteiger partial charge in [0.15, 0.2) is 11.5 Å². The predicted octanol–water partition coefficient (Wildman–Crippen LogP) is 1.01. The molecule has 1 aromatic carbocycles. The Kier molecular flexibility index (Phi) is 5.25. The zero-order valence-electron chi connectivity index (χ0n) is 13.0. The molecule has 1 aromatic heterocycles. The number of carbonyl (C=O) groups excluding carboxylic acids is 2. The van der Waals surface area contributed by atoms with Crippen LogP contribution in [-0.4, -0.2) is 34.5 Å². The van der Waals surface area contributed by atoms with Crippen LogP contribution in [-0.2, 0) is 4.79 Å². The number of carbonyl (C=O) groups is 2. The first-order valence-corrected chi connectivity index (χ1v) is 6.93. The van der Waals surface area contributed by atoms with Crippen molar-refractivity contribution in [3.63, 3.8) is 0 Å². The summed E-state index contributed by atoms with van der Waals surface area (Å²) in [6, 6.07) is 8.96. The van der Waals surface area contributed by atoms with Gasteiger partial charge in [0.2, 0.25) is 5.71 Å². The maximum Gasteiger partial charge on any atom is 0.282 e. The highest BCUT2D eigenvalue weighted by Crippen LogP contribution is 2.16. The molecule has 24 heavy (non-hydrogen) atoms. The number of aryl methyl sites for hydroxylation is 1. The zero-order chi connectivity index (χ0) is 17.5. The predicted molar refractivity (Wildman–Crippen MR) is 88.5 cm³/mol. The van der Waals surface area contributed by atoms with E-state index < -0.39 is 11.8 Å². The van der Waals surface area contributed by atoms with Crippen LogP contribution in [0.5, 0.6) is 0 Å². The van der Waals surface area contributed by atoms with Crippen molar-refractivity contribution < 1.29 is 9.59 Å². The van der Waals surface area contributed by atoms with Gasteiger partial charge in [0.05, 0.1) is 6.33 Å². The van der Waals surface area contributed by atoms with Crippen LogP contribution in [0.3, 0.4) is 0 Å². The van der Waals surface area contributed by atoms with Crippen molar-refractivity contribution in [2.45, 2.75) is 6.92 Å². The van der Waals surface area contributed by atoms with Crippen LogP contribution in [0, 0.1) is 18.3 Å². The Morgan fingerprint density at radius 1 is 1.33 bits per heavy atom. The third-order valence-corrected chi connectivity index (χ3v) is 3.08. The number of nitriles is 1. The second kappa shape index (κ2) is 7.55. The normalized spacial score (nSPS) is 10.6. The molecule has 0 saturated heterocycles. The molecule has 0 aliphatic rings. The molecule has 0 radical (unpaired) electrons. The number of H-pyrrole nitrogens is 1. The highest BCUT2D eigenvalue weighted by Gasteiger charge is 2.16. The van der Waals surface area contributed by atoms with Crippen LogP contribution in [0.15, 0.2) is 35.7 Å². The van der Waals surface area contributed by atoms with E-state index in [0.717, 1.165) is 5.56 Å². The van der Waals surface area contributed by atoms with Crippen molar-refractivity contribution in [3.8, 4) is 6.07 Å².